The number of nitrogens with one attached hydrogen (secondary N) is 1. The molecular weight excluding hydrogens is 184 g/mol. The minimum absolute atomic E-state index is 0.447. The van der Waals surface area contributed by atoms with Crippen molar-refractivity contribution in [2.45, 2.75) is 18.9 Å². The van der Waals surface area contributed by atoms with Crippen molar-refractivity contribution in [3.63, 3.8) is 0 Å². The fourth-order valence-corrected chi connectivity index (χ4v) is 2.38. The third kappa shape index (κ3) is 1.56. The Morgan fingerprint density at radius 2 is 2.20 bits per heavy atom. The van der Waals surface area contributed by atoms with Crippen molar-refractivity contribution < 1.29 is 0 Å². The lowest BCUT2D eigenvalue weighted by Gasteiger charge is -2.31. The Hall–Kier alpha value is -1.57. The number of benzene rings is 1. The first kappa shape index (κ1) is 8.72. The van der Waals surface area contributed by atoms with Crippen molar-refractivity contribution in [2.75, 3.05) is 5.32 Å². The molecule has 0 radical (unpaired) electrons. The third-order valence-electron chi connectivity index (χ3n) is 3.22. The molecule has 2 unspecified atom stereocenters. The standard InChI is InChI=1S/C13H14N2/c1-2-4-12-10(3-1)9-11-5-7-14-8-6-13(11)15-12/h1-4,6-8,11,13,15H,5,9H2. The van der Waals surface area contributed by atoms with Crippen LogP contribution in [0, 0.1) is 5.92 Å². The van der Waals surface area contributed by atoms with Crippen LogP contribution in [0.4, 0.5) is 5.69 Å². The molecule has 2 aliphatic rings. The summed E-state index contributed by atoms with van der Waals surface area (Å²) in [6.45, 7) is 0. The molecule has 3 rings (SSSR count). The van der Waals surface area contributed by atoms with Gasteiger partial charge in [-0.15, -0.1) is 0 Å². The zero-order valence-electron chi connectivity index (χ0n) is 8.56. The van der Waals surface area contributed by atoms with Gasteiger partial charge in [0.05, 0.1) is 0 Å². The second kappa shape index (κ2) is 3.54. The third-order valence-corrected chi connectivity index (χ3v) is 3.22. The Labute approximate surface area is 89.7 Å². The maximum Gasteiger partial charge on any atom is 0.0497 e. The first-order chi connectivity index (χ1) is 7.43. The molecule has 0 fully saturated rings. The molecule has 2 atom stereocenters. The van der Waals surface area contributed by atoms with Crippen molar-refractivity contribution in [1.29, 1.82) is 0 Å². The minimum atomic E-state index is 0.447. The summed E-state index contributed by atoms with van der Waals surface area (Å²) < 4.78 is 0. The highest BCUT2D eigenvalue weighted by atomic mass is 14.9. The van der Waals surface area contributed by atoms with E-state index in [4.69, 9.17) is 0 Å². The van der Waals surface area contributed by atoms with Crippen LogP contribution in [-0.2, 0) is 6.42 Å². The highest BCUT2D eigenvalue weighted by Crippen LogP contribution is 2.30. The van der Waals surface area contributed by atoms with E-state index in [2.05, 4.69) is 40.7 Å². The van der Waals surface area contributed by atoms with Crippen molar-refractivity contribution in [2.24, 2.45) is 10.9 Å². The molecule has 0 saturated carbocycles. The largest absolute Gasteiger partial charge is 0.378 e. The number of para-hydroxylation sites is 1. The van der Waals surface area contributed by atoms with E-state index in [9.17, 15) is 0 Å². The maximum atomic E-state index is 4.21. The molecule has 1 aromatic rings. The summed E-state index contributed by atoms with van der Waals surface area (Å²) in [7, 11) is 0. The lowest BCUT2D eigenvalue weighted by atomic mass is 9.85. The molecule has 76 valence electrons. The highest BCUT2D eigenvalue weighted by Gasteiger charge is 2.25. The average Bonchev–Trinajstić information content (AvgIpc) is 2.50. The van der Waals surface area contributed by atoms with Gasteiger partial charge in [0.1, 0.15) is 0 Å². The van der Waals surface area contributed by atoms with E-state index in [-0.39, 0.29) is 0 Å². The van der Waals surface area contributed by atoms with Crippen LogP contribution in [0.3, 0.4) is 0 Å². The second-order valence-electron chi connectivity index (χ2n) is 4.20. The molecule has 0 bridgehead atoms. The fraction of sp³-hybridized carbons (Fsp3) is 0.308. The molecular formula is C13H14N2. The van der Waals surface area contributed by atoms with E-state index >= 15 is 0 Å². The normalized spacial score (nSPS) is 27.5. The van der Waals surface area contributed by atoms with Gasteiger partial charge in [-0.2, -0.15) is 0 Å². The van der Waals surface area contributed by atoms with Gasteiger partial charge >= 0.3 is 0 Å². The Bertz CT molecular complexity index is 420. The number of hydrogen-bond donors (Lipinski definition) is 1. The number of nitrogens with zero attached hydrogens (tertiary/aromatic N) is 1. The Morgan fingerprint density at radius 1 is 1.27 bits per heavy atom. The summed E-state index contributed by atoms with van der Waals surface area (Å²) in [5.74, 6) is 0.655. The predicted molar refractivity (Wildman–Crippen MR) is 63.3 cm³/mol. The van der Waals surface area contributed by atoms with Gasteiger partial charge in [-0.05, 0) is 36.5 Å². The zero-order chi connectivity index (χ0) is 10.1. The Morgan fingerprint density at radius 3 is 3.20 bits per heavy atom. The topological polar surface area (TPSA) is 24.4 Å². The fourth-order valence-electron chi connectivity index (χ4n) is 2.38. The smallest absolute Gasteiger partial charge is 0.0497 e. The van der Waals surface area contributed by atoms with E-state index < -0.39 is 0 Å². The van der Waals surface area contributed by atoms with Gasteiger partial charge in [0.2, 0.25) is 0 Å². The number of rotatable bonds is 0. The van der Waals surface area contributed by atoms with Crippen molar-refractivity contribution in [3.8, 4) is 0 Å². The Kier molecular flexibility index (Phi) is 2.05. The molecule has 1 N–H and O–H groups in total. The molecule has 0 aliphatic carbocycles. The number of aliphatic imine (C=N–C) groups is 1. The highest BCUT2D eigenvalue weighted by molar-refractivity contribution is 5.62. The van der Waals surface area contributed by atoms with Gasteiger partial charge in [0.25, 0.3) is 0 Å². The van der Waals surface area contributed by atoms with Crippen LogP contribution in [0.2, 0.25) is 0 Å². The van der Waals surface area contributed by atoms with E-state index in [1.165, 1.54) is 11.3 Å². The van der Waals surface area contributed by atoms with E-state index in [0.29, 0.717) is 12.0 Å². The summed E-state index contributed by atoms with van der Waals surface area (Å²) in [4.78, 5) is 4.21. The molecule has 2 aliphatic heterocycles. The number of anilines is 1. The van der Waals surface area contributed by atoms with Crippen LogP contribution in [0.1, 0.15) is 12.0 Å². The first-order valence-electron chi connectivity index (χ1n) is 5.46. The average molecular weight is 198 g/mol. The van der Waals surface area contributed by atoms with Crippen molar-refractivity contribution in [3.05, 3.63) is 42.1 Å². The maximum absolute atomic E-state index is 4.21. The monoisotopic (exact) mass is 198 g/mol. The molecule has 2 heteroatoms. The molecule has 15 heavy (non-hydrogen) atoms. The van der Waals surface area contributed by atoms with Crippen LogP contribution in [0.15, 0.2) is 41.5 Å². The molecule has 1 aromatic carbocycles. The number of hydrogen-bond acceptors (Lipinski definition) is 2. The van der Waals surface area contributed by atoms with Gasteiger partial charge in [0.15, 0.2) is 0 Å². The molecule has 2 heterocycles. The zero-order valence-corrected chi connectivity index (χ0v) is 8.56. The van der Waals surface area contributed by atoms with E-state index in [1.54, 1.807) is 0 Å². The van der Waals surface area contributed by atoms with Crippen LogP contribution in [-0.4, -0.2) is 12.3 Å². The summed E-state index contributed by atoms with van der Waals surface area (Å²) in [6, 6.07) is 9.02. The van der Waals surface area contributed by atoms with Gasteiger partial charge in [0, 0.05) is 24.1 Å². The molecule has 0 aromatic heterocycles. The van der Waals surface area contributed by atoms with Crippen molar-refractivity contribution in [1.82, 2.24) is 0 Å². The SMILES string of the molecule is C1=CC2Nc3ccccc3CC2CC=N1. The van der Waals surface area contributed by atoms with Crippen molar-refractivity contribution >= 4 is 11.9 Å². The lowest BCUT2D eigenvalue weighted by Crippen LogP contribution is -2.33. The second-order valence-corrected chi connectivity index (χ2v) is 4.20. The van der Waals surface area contributed by atoms with Gasteiger partial charge < -0.3 is 5.32 Å². The lowest BCUT2D eigenvalue weighted by molar-refractivity contribution is 0.500. The summed E-state index contributed by atoms with van der Waals surface area (Å²) >= 11 is 0. The molecule has 0 spiro atoms. The van der Waals surface area contributed by atoms with Gasteiger partial charge in [-0.25, -0.2) is 0 Å². The van der Waals surface area contributed by atoms with Gasteiger partial charge in [-0.3, -0.25) is 4.99 Å². The first-order valence-corrected chi connectivity index (χ1v) is 5.46. The molecule has 0 amide bonds. The molecule has 2 nitrogen and oxygen atoms in total. The summed E-state index contributed by atoms with van der Waals surface area (Å²) in [5.41, 5.74) is 2.72. The summed E-state index contributed by atoms with van der Waals surface area (Å²) in [5, 5.41) is 3.57. The predicted octanol–water partition coefficient (Wildman–Crippen LogP) is 2.63. The quantitative estimate of drug-likeness (QED) is 0.681. The van der Waals surface area contributed by atoms with Crippen LogP contribution in [0.25, 0.3) is 0 Å². The molecule has 0 saturated heterocycles. The Balaban J connectivity index is 1.95. The van der Waals surface area contributed by atoms with Crippen LogP contribution >= 0.6 is 0 Å². The van der Waals surface area contributed by atoms with E-state index in [0.717, 1.165) is 12.8 Å². The van der Waals surface area contributed by atoms with Crippen LogP contribution < -0.4 is 5.32 Å². The van der Waals surface area contributed by atoms with Crippen LogP contribution in [0.5, 0.6) is 0 Å². The minimum Gasteiger partial charge on any atom is -0.378 e. The van der Waals surface area contributed by atoms with Gasteiger partial charge in [-0.1, -0.05) is 18.2 Å². The number of fused-ring (bicyclic) bond motifs is 2. The summed E-state index contributed by atoms with van der Waals surface area (Å²) in [6.07, 6.45) is 8.33. The van der Waals surface area contributed by atoms with E-state index in [1.807, 2.05) is 12.4 Å².